The van der Waals surface area contributed by atoms with Crippen LogP contribution in [-0.2, 0) is 24.1 Å². The zero-order valence-electron chi connectivity index (χ0n) is 16.4. The molecule has 2 aromatic rings. The summed E-state index contributed by atoms with van der Waals surface area (Å²) in [6.45, 7) is 7.94. The first-order chi connectivity index (χ1) is 13.3. The summed E-state index contributed by atoms with van der Waals surface area (Å²) in [6, 6.07) is 0.630. The number of anilines is 1. The lowest BCUT2D eigenvalue weighted by atomic mass is 9.99. The number of fused-ring (bicyclic) bond motifs is 3. The van der Waals surface area contributed by atoms with Crippen LogP contribution in [0, 0.1) is 0 Å². The second-order valence-electron chi connectivity index (χ2n) is 8.14. The highest BCUT2D eigenvalue weighted by molar-refractivity contribution is 7.19. The summed E-state index contributed by atoms with van der Waals surface area (Å²) < 4.78 is 5.51. The molecule has 0 saturated carbocycles. The Labute approximate surface area is 165 Å². The number of rotatable bonds is 4. The Morgan fingerprint density at radius 1 is 1.07 bits per heavy atom. The number of hydrogen-bond acceptors (Lipinski definition) is 6. The molecule has 0 N–H and O–H groups in total. The summed E-state index contributed by atoms with van der Waals surface area (Å²) in [6.07, 6.45) is 8.87. The van der Waals surface area contributed by atoms with Crippen molar-refractivity contribution in [1.29, 1.82) is 0 Å². The molecular weight excluding hydrogens is 356 g/mol. The van der Waals surface area contributed by atoms with Crippen molar-refractivity contribution in [3.8, 4) is 0 Å². The fourth-order valence-electron chi connectivity index (χ4n) is 4.96. The fourth-order valence-corrected chi connectivity index (χ4v) is 6.24. The van der Waals surface area contributed by atoms with E-state index in [-0.39, 0.29) is 0 Å². The van der Waals surface area contributed by atoms with Gasteiger partial charge in [-0.05, 0) is 50.5 Å². The number of nitrogens with zero attached hydrogens (tertiary/aromatic N) is 4. The highest BCUT2D eigenvalue weighted by Crippen LogP contribution is 2.42. The maximum Gasteiger partial charge on any atom is 0.146 e. The van der Waals surface area contributed by atoms with Crippen molar-refractivity contribution >= 4 is 27.4 Å². The monoisotopic (exact) mass is 386 g/mol. The number of thiophene rings is 1. The van der Waals surface area contributed by atoms with Gasteiger partial charge in [-0.15, -0.1) is 11.3 Å². The predicted molar refractivity (Wildman–Crippen MR) is 111 cm³/mol. The third kappa shape index (κ3) is 3.36. The van der Waals surface area contributed by atoms with Crippen LogP contribution in [0.2, 0.25) is 0 Å². The molecule has 4 heterocycles. The van der Waals surface area contributed by atoms with E-state index in [1.54, 1.807) is 10.4 Å². The lowest BCUT2D eigenvalue weighted by Crippen LogP contribution is -2.40. The van der Waals surface area contributed by atoms with E-state index in [0.29, 0.717) is 6.04 Å². The van der Waals surface area contributed by atoms with Gasteiger partial charge in [0.15, 0.2) is 0 Å². The van der Waals surface area contributed by atoms with E-state index < -0.39 is 0 Å². The van der Waals surface area contributed by atoms with Crippen LogP contribution >= 0.6 is 11.3 Å². The van der Waals surface area contributed by atoms with Gasteiger partial charge in [-0.1, -0.05) is 6.92 Å². The lowest BCUT2D eigenvalue weighted by molar-refractivity contribution is 0.0331. The van der Waals surface area contributed by atoms with E-state index >= 15 is 0 Å². The van der Waals surface area contributed by atoms with E-state index in [1.165, 1.54) is 61.0 Å². The Kier molecular flexibility index (Phi) is 5.05. The maximum absolute atomic E-state index is 5.51. The molecule has 5 nitrogen and oxygen atoms in total. The molecule has 2 aliphatic heterocycles. The van der Waals surface area contributed by atoms with E-state index in [9.17, 15) is 0 Å². The highest BCUT2D eigenvalue weighted by atomic mass is 32.1. The Balaban J connectivity index is 1.57. The molecule has 2 saturated heterocycles. The molecule has 0 spiro atoms. The van der Waals surface area contributed by atoms with Gasteiger partial charge in [-0.3, -0.25) is 4.90 Å². The molecule has 1 atom stereocenters. The predicted octanol–water partition coefficient (Wildman–Crippen LogP) is 3.78. The van der Waals surface area contributed by atoms with E-state index in [1.807, 2.05) is 11.3 Å². The van der Waals surface area contributed by atoms with Gasteiger partial charge >= 0.3 is 0 Å². The van der Waals surface area contributed by atoms with Gasteiger partial charge in [-0.2, -0.15) is 0 Å². The molecule has 0 aromatic carbocycles. The molecule has 2 fully saturated rings. The van der Waals surface area contributed by atoms with Crippen molar-refractivity contribution in [2.75, 3.05) is 37.7 Å². The Hall–Kier alpha value is -1.24. The largest absolute Gasteiger partial charge is 0.379 e. The number of piperidine rings is 1. The normalized spacial score (nSPS) is 23.9. The number of ether oxygens (including phenoxy) is 1. The van der Waals surface area contributed by atoms with Gasteiger partial charge in [0.2, 0.25) is 0 Å². The lowest BCUT2D eigenvalue weighted by Gasteiger charge is -2.37. The van der Waals surface area contributed by atoms with Crippen molar-refractivity contribution in [2.24, 2.45) is 0 Å². The number of morpholine rings is 1. The van der Waals surface area contributed by atoms with Gasteiger partial charge in [-0.25, -0.2) is 9.97 Å². The molecule has 3 aliphatic rings. The van der Waals surface area contributed by atoms with Crippen molar-refractivity contribution in [3.63, 3.8) is 0 Å². The molecule has 6 heteroatoms. The van der Waals surface area contributed by atoms with Gasteiger partial charge in [0.25, 0.3) is 0 Å². The second-order valence-corrected chi connectivity index (χ2v) is 9.22. The number of aromatic nitrogens is 2. The second kappa shape index (κ2) is 7.64. The van der Waals surface area contributed by atoms with Crippen LogP contribution in [0.25, 0.3) is 10.2 Å². The summed E-state index contributed by atoms with van der Waals surface area (Å²) in [7, 11) is 0. The van der Waals surface area contributed by atoms with Crippen molar-refractivity contribution in [1.82, 2.24) is 14.9 Å². The highest BCUT2D eigenvalue weighted by Gasteiger charge is 2.29. The zero-order valence-corrected chi connectivity index (χ0v) is 17.2. The minimum atomic E-state index is 0.630. The SMILES string of the molecule is CC[C@@H]1CCCCN1c1nc(CN2CCOCC2)nc2sc3c(c12)CCC3. The van der Waals surface area contributed by atoms with Crippen LogP contribution in [-0.4, -0.2) is 53.8 Å². The van der Waals surface area contributed by atoms with E-state index in [4.69, 9.17) is 14.7 Å². The quantitative estimate of drug-likeness (QED) is 0.800. The molecule has 0 unspecified atom stereocenters. The molecule has 2 aromatic heterocycles. The summed E-state index contributed by atoms with van der Waals surface area (Å²) in [5.41, 5.74) is 1.56. The van der Waals surface area contributed by atoms with Crippen LogP contribution in [0.4, 0.5) is 5.82 Å². The van der Waals surface area contributed by atoms with Crippen LogP contribution in [0.3, 0.4) is 0 Å². The Morgan fingerprint density at radius 2 is 1.96 bits per heavy atom. The van der Waals surface area contributed by atoms with Crippen molar-refractivity contribution in [2.45, 2.75) is 64.5 Å². The Bertz CT molecular complexity index is 814. The van der Waals surface area contributed by atoms with E-state index in [0.717, 1.165) is 45.2 Å². The van der Waals surface area contributed by atoms with Gasteiger partial charge < -0.3 is 9.64 Å². The topological polar surface area (TPSA) is 41.5 Å². The van der Waals surface area contributed by atoms with Gasteiger partial charge in [0.05, 0.1) is 25.1 Å². The molecule has 0 amide bonds. The first kappa shape index (κ1) is 17.8. The third-order valence-electron chi connectivity index (χ3n) is 6.43. The zero-order chi connectivity index (χ0) is 18.2. The first-order valence-corrected chi connectivity index (χ1v) is 11.5. The van der Waals surface area contributed by atoms with Gasteiger partial charge in [0.1, 0.15) is 16.5 Å². The van der Waals surface area contributed by atoms with Gasteiger partial charge in [0, 0.05) is 30.6 Å². The number of hydrogen-bond donors (Lipinski definition) is 0. The first-order valence-electron chi connectivity index (χ1n) is 10.7. The summed E-state index contributed by atoms with van der Waals surface area (Å²) in [5.74, 6) is 2.24. The summed E-state index contributed by atoms with van der Waals surface area (Å²) in [4.78, 5) is 18.1. The third-order valence-corrected chi connectivity index (χ3v) is 7.62. The maximum atomic E-state index is 5.51. The number of aryl methyl sites for hydroxylation is 2. The molecule has 5 rings (SSSR count). The van der Waals surface area contributed by atoms with E-state index in [2.05, 4.69) is 16.7 Å². The molecule has 27 heavy (non-hydrogen) atoms. The smallest absolute Gasteiger partial charge is 0.146 e. The van der Waals surface area contributed by atoms with Crippen LogP contribution in [0.1, 0.15) is 55.3 Å². The molecular formula is C21H30N4OS. The van der Waals surface area contributed by atoms with Crippen LogP contribution in [0.5, 0.6) is 0 Å². The standard InChI is InChI=1S/C21H30N4OS/c1-2-15-6-3-4-9-25(15)20-19-16-7-5-8-17(16)27-21(19)23-18(22-20)14-24-10-12-26-13-11-24/h15H,2-14H2,1H3/t15-/m1/s1. The Morgan fingerprint density at radius 3 is 2.81 bits per heavy atom. The minimum absolute atomic E-state index is 0.630. The summed E-state index contributed by atoms with van der Waals surface area (Å²) in [5, 5.41) is 1.39. The van der Waals surface area contributed by atoms with Crippen LogP contribution in [0.15, 0.2) is 0 Å². The average molecular weight is 387 g/mol. The van der Waals surface area contributed by atoms with Crippen LogP contribution < -0.4 is 4.90 Å². The molecule has 146 valence electrons. The van der Waals surface area contributed by atoms with Crippen molar-refractivity contribution in [3.05, 3.63) is 16.3 Å². The molecule has 0 bridgehead atoms. The molecule has 0 radical (unpaired) electrons. The average Bonchev–Trinajstić information content (AvgIpc) is 3.29. The summed E-state index contributed by atoms with van der Waals surface area (Å²) >= 11 is 1.93. The van der Waals surface area contributed by atoms with Crippen molar-refractivity contribution < 1.29 is 4.74 Å². The fraction of sp³-hybridized carbons (Fsp3) is 0.714. The molecule has 1 aliphatic carbocycles. The minimum Gasteiger partial charge on any atom is -0.379 e.